The molecular formula is C23H20Cl3FO4. The Morgan fingerprint density at radius 3 is 2.48 bits per heavy atom. The predicted molar refractivity (Wildman–Crippen MR) is 119 cm³/mol. The lowest BCUT2D eigenvalue weighted by Gasteiger charge is -2.22. The number of hydrogen-bond acceptors (Lipinski definition) is 3. The lowest BCUT2D eigenvalue weighted by Crippen LogP contribution is -2.26. The van der Waals surface area contributed by atoms with Crippen molar-refractivity contribution in [3.8, 4) is 0 Å². The molecule has 0 amide bonds. The van der Waals surface area contributed by atoms with Gasteiger partial charge in [0, 0.05) is 16.1 Å². The Morgan fingerprint density at radius 1 is 1.13 bits per heavy atom. The molecule has 2 aliphatic carbocycles. The minimum absolute atomic E-state index is 0.346. The summed E-state index contributed by atoms with van der Waals surface area (Å²) in [5, 5.41) is 19.7. The zero-order valence-electron chi connectivity index (χ0n) is 16.6. The van der Waals surface area contributed by atoms with Crippen LogP contribution in [0.3, 0.4) is 0 Å². The van der Waals surface area contributed by atoms with Gasteiger partial charge in [-0.3, -0.25) is 9.59 Å². The number of fused-ring (bicyclic) bond motifs is 2. The number of hydrogen-bond donors (Lipinski definition) is 2. The van der Waals surface area contributed by atoms with Crippen LogP contribution in [-0.2, 0) is 28.0 Å². The number of carbonyl (C=O) groups is 2. The number of allylic oxidation sites excluding steroid dienone is 2. The van der Waals surface area contributed by atoms with E-state index in [9.17, 15) is 19.1 Å². The third kappa shape index (κ3) is 5.29. The van der Waals surface area contributed by atoms with Gasteiger partial charge in [0.05, 0.1) is 6.42 Å². The van der Waals surface area contributed by atoms with E-state index in [0.717, 1.165) is 40.7 Å². The molecule has 31 heavy (non-hydrogen) atoms. The monoisotopic (exact) mass is 484 g/mol. The van der Waals surface area contributed by atoms with Gasteiger partial charge in [0.2, 0.25) is 5.24 Å². The Kier molecular flexibility index (Phi) is 7.11. The normalized spacial score (nSPS) is 20.1. The number of carboxylic acids is 1. The number of carbonyl (C=O) groups excluding carboxylic acids is 1. The Bertz CT molecular complexity index is 1100. The van der Waals surface area contributed by atoms with Gasteiger partial charge in [0.15, 0.2) is 0 Å². The van der Waals surface area contributed by atoms with E-state index in [4.69, 9.17) is 39.9 Å². The summed E-state index contributed by atoms with van der Waals surface area (Å²) in [7, 11) is 0. The standard InChI is InChI=1S/C12H13FO3.C11H7Cl3O/c1-7-4-8(13)5-10-9(7)2-3-12(10,16)6-11(14)15;12-7-4-9-6(3-11(14)15)1-2-8(9)10(13)5-7/h4-5,16H,2-3,6H2,1H3,(H,14,15);3-5H,1-2H2/b;6-3+. The van der Waals surface area contributed by atoms with E-state index in [2.05, 4.69) is 0 Å². The molecular weight excluding hydrogens is 466 g/mol. The summed E-state index contributed by atoms with van der Waals surface area (Å²) in [5.74, 6) is -1.50. The fraction of sp³-hybridized carbons (Fsp3) is 0.304. The number of aliphatic hydroxyl groups is 1. The van der Waals surface area contributed by atoms with Crippen LogP contribution in [0.1, 0.15) is 47.1 Å². The maximum Gasteiger partial charge on any atom is 0.306 e. The van der Waals surface area contributed by atoms with Gasteiger partial charge in [0.25, 0.3) is 0 Å². The molecule has 8 heteroatoms. The van der Waals surface area contributed by atoms with Gasteiger partial charge in [-0.05, 0) is 102 Å². The van der Waals surface area contributed by atoms with Crippen molar-refractivity contribution in [3.05, 3.63) is 74.0 Å². The first-order valence-electron chi connectivity index (χ1n) is 9.62. The summed E-state index contributed by atoms with van der Waals surface area (Å²) in [6.45, 7) is 1.77. The third-order valence-corrected chi connectivity index (χ3v) is 6.27. The topological polar surface area (TPSA) is 74.6 Å². The van der Waals surface area contributed by atoms with Crippen molar-refractivity contribution >= 4 is 51.6 Å². The van der Waals surface area contributed by atoms with E-state index in [1.165, 1.54) is 18.2 Å². The fourth-order valence-electron chi connectivity index (χ4n) is 4.25. The van der Waals surface area contributed by atoms with Gasteiger partial charge in [-0.15, -0.1) is 0 Å². The molecule has 1 atom stereocenters. The quantitative estimate of drug-likeness (QED) is 0.424. The highest BCUT2D eigenvalue weighted by atomic mass is 35.5. The van der Waals surface area contributed by atoms with E-state index >= 15 is 0 Å². The molecule has 2 N–H and O–H groups in total. The summed E-state index contributed by atoms with van der Waals surface area (Å²) < 4.78 is 13.2. The van der Waals surface area contributed by atoms with Gasteiger partial charge in [-0.1, -0.05) is 23.2 Å². The molecule has 4 rings (SSSR count). The first kappa shape index (κ1) is 23.7. The Morgan fingerprint density at radius 2 is 1.84 bits per heavy atom. The molecule has 0 bridgehead atoms. The molecule has 164 valence electrons. The van der Waals surface area contributed by atoms with Crippen LogP contribution in [-0.4, -0.2) is 21.4 Å². The highest BCUT2D eigenvalue weighted by molar-refractivity contribution is 6.67. The van der Waals surface area contributed by atoms with Crippen LogP contribution in [0, 0.1) is 12.7 Å². The first-order chi connectivity index (χ1) is 14.5. The molecule has 2 aliphatic rings. The maximum absolute atomic E-state index is 13.2. The van der Waals surface area contributed by atoms with E-state index < -0.39 is 22.6 Å². The number of aliphatic carboxylic acids is 1. The van der Waals surface area contributed by atoms with Gasteiger partial charge in [-0.2, -0.15) is 0 Å². The van der Waals surface area contributed by atoms with Crippen molar-refractivity contribution < 1.29 is 24.2 Å². The van der Waals surface area contributed by atoms with E-state index in [-0.39, 0.29) is 6.42 Å². The van der Waals surface area contributed by atoms with E-state index in [1.54, 1.807) is 13.0 Å². The minimum atomic E-state index is -1.41. The molecule has 0 fully saturated rings. The molecule has 0 radical (unpaired) electrons. The second-order valence-corrected chi connectivity index (χ2v) is 8.95. The predicted octanol–water partition coefficient (Wildman–Crippen LogP) is 5.83. The molecule has 1 unspecified atom stereocenters. The molecule has 4 nitrogen and oxygen atoms in total. The lowest BCUT2D eigenvalue weighted by molar-refractivity contribution is -0.142. The minimum Gasteiger partial charge on any atom is -0.481 e. The van der Waals surface area contributed by atoms with Crippen LogP contribution in [0.2, 0.25) is 10.0 Å². The molecule has 0 spiro atoms. The fourth-order valence-corrected chi connectivity index (χ4v) is 4.97. The third-order valence-electron chi connectivity index (χ3n) is 5.61. The van der Waals surface area contributed by atoms with Gasteiger partial charge in [0.1, 0.15) is 11.4 Å². The molecule has 0 saturated carbocycles. The van der Waals surface area contributed by atoms with E-state index in [0.29, 0.717) is 28.5 Å². The second kappa shape index (κ2) is 9.29. The average molecular weight is 486 g/mol. The van der Waals surface area contributed by atoms with Crippen molar-refractivity contribution in [2.75, 3.05) is 0 Å². The van der Waals surface area contributed by atoms with E-state index in [1.807, 2.05) is 6.07 Å². The summed E-state index contributed by atoms with van der Waals surface area (Å²) in [6.07, 6.45) is 3.63. The Hall–Kier alpha value is -1.92. The summed E-state index contributed by atoms with van der Waals surface area (Å²) in [4.78, 5) is 21.5. The van der Waals surface area contributed by atoms with Crippen molar-refractivity contribution in [1.29, 1.82) is 0 Å². The number of benzene rings is 2. The van der Waals surface area contributed by atoms with Crippen LogP contribution in [0.15, 0.2) is 30.3 Å². The Labute approximate surface area is 194 Å². The summed E-state index contributed by atoms with van der Waals surface area (Å²) in [6, 6.07) is 6.19. The number of carboxylic acid groups (broad SMARTS) is 1. The summed E-state index contributed by atoms with van der Waals surface area (Å²) >= 11 is 17.3. The largest absolute Gasteiger partial charge is 0.481 e. The van der Waals surface area contributed by atoms with Crippen LogP contribution in [0.5, 0.6) is 0 Å². The Balaban J connectivity index is 0.000000176. The van der Waals surface area contributed by atoms with Crippen LogP contribution in [0.25, 0.3) is 5.57 Å². The SMILES string of the molecule is Cc1cc(F)cc2c1CCC2(O)CC(=O)O.O=C(Cl)/C=C1\CCc2c(Cl)cc(Cl)cc21. The number of rotatable bonds is 3. The molecule has 0 aromatic heterocycles. The number of aryl methyl sites for hydroxylation is 1. The maximum atomic E-state index is 13.2. The zero-order chi connectivity index (χ0) is 22.9. The van der Waals surface area contributed by atoms with Gasteiger partial charge >= 0.3 is 5.97 Å². The first-order valence-corrected chi connectivity index (χ1v) is 10.8. The van der Waals surface area contributed by atoms with Gasteiger partial charge in [-0.25, -0.2) is 4.39 Å². The average Bonchev–Trinajstić information content (AvgIpc) is 3.17. The lowest BCUT2D eigenvalue weighted by atomic mass is 9.91. The highest BCUT2D eigenvalue weighted by Crippen LogP contribution is 2.41. The van der Waals surface area contributed by atoms with Crippen molar-refractivity contribution in [2.24, 2.45) is 0 Å². The zero-order valence-corrected chi connectivity index (χ0v) is 18.9. The molecule has 0 aliphatic heterocycles. The van der Waals surface area contributed by atoms with Crippen LogP contribution in [0.4, 0.5) is 4.39 Å². The molecule has 0 heterocycles. The molecule has 0 saturated heterocycles. The van der Waals surface area contributed by atoms with Crippen molar-refractivity contribution in [1.82, 2.24) is 0 Å². The molecule has 2 aromatic carbocycles. The highest BCUT2D eigenvalue weighted by Gasteiger charge is 2.39. The van der Waals surface area contributed by atoms with Crippen molar-refractivity contribution in [3.63, 3.8) is 0 Å². The summed E-state index contributed by atoms with van der Waals surface area (Å²) in [5.41, 5.74) is 3.59. The van der Waals surface area contributed by atoms with Crippen LogP contribution < -0.4 is 0 Å². The van der Waals surface area contributed by atoms with Gasteiger partial charge < -0.3 is 10.2 Å². The number of halogens is 4. The second-order valence-electron chi connectivity index (χ2n) is 7.74. The molecule has 2 aromatic rings. The van der Waals surface area contributed by atoms with Crippen LogP contribution >= 0.6 is 34.8 Å². The smallest absolute Gasteiger partial charge is 0.306 e. The van der Waals surface area contributed by atoms with Crippen molar-refractivity contribution in [2.45, 2.75) is 44.6 Å².